The standard InChI is InChI=1S/C20H24N2O3/c1-13(2)25-18-7-6-15(9-19(18)24-3)20(23)22-10-14-4-5-16-11-21-12-17(16)8-14/h4-9,13,21H,10-12H2,1-3H3,(H,22,23). The number of methoxy groups -OCH3 is 1. The molecule has 1 amide bonds. The molecule has 2 aromatic rings. The molecule has 2 aromatic carbocycles. The van der Waals surface area contributed by atoms with Gasteiger partial charge in [-0.15, -0.1) is 0 Å². The molecule has 0 fully saturated rings. The van der Waals surface area contributed by atoms with Gasteiger partial charge in [-0.3, -0.25) is 4.79 Å². The number of nitrogens with one attached hydrogen (secondary N) is 2. The number of fused-ring (bicyclic) bond motifs is 1. The maximum absolute atomic E-state index is 12.4. The van der Waals surface area contributed by atoms with Gasteiger partial charge < -0.3 is 20.1 Å². The Balaban J connectivity index is 1.66. The number of amides is 1. The van der Waals surface area contributed by atoms with Crippen LogP contribution in [0.4, 0.5) is 0 Å². The van der Waals surface area contributed by atoms with E-state index >= 15 is 0 Å². The Labute approximate surface area is 148 Å². The minimum Gasteiger partial charge on any atom is -0.493 e. The molecule has 1 heterocycles. The molecule has 0 saturated heterocycles. The van der Waals surface area contributed by atoms with E-state index < -0.39 is 0 Å². The Hall–Kier alpha value is -2.53. The minimum absolute atomic E-state index is 0.0443. The van der Waals surface area contributed by atoms with Crippen LogP contribution in [0.15, 0.2) is 36.4 Å². The molecular formula is C20H24N2O3. The third kappa shape index (κ3) is 4.12. The van der Waals surface area contributed by atoms with Crippen LogP contribution in [0.25, 0.3) is 0 Å². The molecule has 3 rings (SSSR count). The average molecular weight is 340 g/mol. The summed E-state index contributed by atoms with van der Waals surface area (Å²) in [5.74, 6) is 1.07. The highest BCUT2D eigenvalue weighted by Gasteiger charge is 2.13. The quantitative estimate of drug-likeness (QED) is 0.849. The first-order chi connectivity index (χ1) is 12.1. The molecule has 0 aromatic heterocycles. The van der Waals surface area contributed by atoms with E-state index in [1.807, 2.05) is 13.8 Å². The minimum atomic E-state index is -0.131. The molecule has 25 heavy (non-hydrogen) atoms. The summed E-state index contributed by atoms with van der Waals surface area (Å²) < 4.78 is 11.0. The van der Waals surface area contributed by atoms with Crippen molar-refractivity contribution in [1.82, 2.24) is 10.6 Å². The van der Waals surface area contributed by atoms with Gasteiger partial charge in [-0.05, 0) is 48.7 Å². The Morgan fingerprint density at radius 1 is 1.12 bits per heavy atom. The molecule has 0 atom stereocenters. The van der Waals surface area contributed by atoms with Gasteiger partial charge in [-0.1, -0.05) is 18.2 Å². The van der Waals surface area contributed by atoms with Crippen molar-refractivity contribution in [3.05, 3.63) is 58.7 Å². The molecule has 0 bridgehead atoms. The topological polar surface area (TPSA) is 59.6 Å². The predicted octanol–water partition coefficient (Wildman–Crippen LogP) is 3.02. The van der Waals surface area contributed by atoms with Crippen molar-refractivity contribution in [2.45, 2.75) is 39.6 Å². The fraction of sp³-hybridized carbons (Fsp3) is 0.350. The van der Waals surface area contributed by atoms with E-state index in [1.54, 1.807) is 25.3 Å². The fourth-order valence-electron chi connectivity index (χ4n) is 2.90. The highest BCUT2D eigenvalue weighted by Crippen LogP contribution is 2.29. The molecule has 0 saturated carbocycles. The molecule has 0 aliphatic carbocycles. The highest BCUT2D eigenvalue weighted by atomic mass is 16.5. The van der Waals surface area contributed by atoms with E-state index in [0.717, 1.165) is 18.7 Å². The molecule has 2 N–H and O–H groups in total. The van der Waals surface area contributed by atoms with Crippen molar-refractivity contribution < 1.29 is 14.3 Å². The maximum atomic E-state index is 12.4. The van der Waals surface area contributed by atoms with E-state index in [1.165, 1.54) is 11.1 Å². The first-order valence-corrected chi connectivity index (χ1v) is 8.51. The van der Waals surface area contributed by atoms with Crippen LogP contribution in [0.1, 0.15) is 40.9 Å². The van der Waals surface area contributed by atoms with Crippen LogP contribution in [0.5, 0.6) is 11.5 Å². The zero-order valence-electron chi connectivity index (χ0n) is 14.9. The molecule has 0 radical (unpaired) electrons. The van der Waals surface area contributed by atoms with E-state index in [-0.39, 0.29) is 12.0 Å². The molecule has 132 valence electrons. The summed E-state index contributed by atoms with van der Waals surface area (Å²) in [5.41, 5.74) is 4.29. The van der Waals surface area contributed by atoms with Crippen LogP contribution in [0.3, 0.4) is 0 Å². The SMILES string of the molecule is COc1cc(C(=O)NCc2ccc3c(c2)CNC3)ccc1OC(C)C. The monoisotopic (exact) mass is 340 g/mol. The third-order valence-corrected chi connectivity index (χ3v) is 4.14. The number of benzene rings is 2. The fourth-order valence-corrected chi connectivity index (χ4v) is 2.90. The van der Waals surface area contributed by atoms with Crippen molar-refractivity contribution in [3.63, 3.8) is 0 Å². The highest BCUT2D eigenvalue weighted by molar-refractivity contribution is 5.94. The third-order valence-electron chi connectivity index (χ3n) is 4.14. The summed E-state index contributed by atoms with van der Waals surface area (Å²) in [4.78, 5) is 12.4. The lowest BCUT2D eigenvalue weighted by Crippen LogP contribution is -2.23. The van der Waals surface area contributed by atoms with Crippen LogP contribution < -0.4 is 20.1 Å². The average Bonchev–Trinajstić information content (AvgIpc) is 3.07. The summed E-state index contributed by atoms with van der Waals surface area (Å²) in [6, 6.07) is 11.6. The van der Waals surface area contributed by atoms with Crippen LogP contribution in [-0.4, -0.2) is 19.1 Å². The Kier molecular flexibility index (Phi) is 5.24. The van der Waals surface area contributed by atoms with Crippen LogP contribution >= 0.6 is 0 Å². The second-order valence-corrected chi connectivity index (χ2v) is 6.42. The van der Waals surface area contributed by atoms with Crippen molar-refractivity contribution in [2.24, 2.45) is 0 Å². The Morgan fingerprint density at radius 3 is 2.68 bits per heavy atom. The van der Waals surface area contributed by atoms with Crippen molar-refractivity contribution in [1.29, 1.82) is 0 Å². The summed E-state index contributed by atoms with van der Waals surface area (Å²) in [5, 5.41) is 6.29. The molecule has 0 spiro atoms. The van der Waals surface area contributed by atoms with Gasteiger partial charge in [0.15, 0.2) is 11.5 Å². The van der Waals surface area contributed by atoms with E-state index in [0.29, 0.717) is 23.6 Å². The van der Waals surface area contributed by atoms with E-state index in [2.05, 4.69) is 28.8 Å². The van der Waals surface area contributed by atoms with Gasteiger partial charge in [0.25, 0.3) is 5.91 Å². The van der Waals surface area contributed by atoms with Gasteiger partial charge in [0, 0.05) is 25.2 Å². The Bertz CT molecular complexity index is 772. The molecule has 5 nitrogen and oxygen atoms in total. The molecule has 5 heteroatoms. The number of carbonyl (C=O) groups is 1. The van der Waals surface area contributed by atoms with Gasteiger partial charge in [0.2, 0.25) is 0 Å². The van der Waals surface area contributed by atoms with Crippen LogP contribution in [0, 0.1) is 0 Å². The second kappa shape index (κ2) is 7.57. The summed E-state index contributed by atoms with van der Waals surface area (Å²) in [6.45, 7) is 6.22. The second-order valence-electron chi connectivity index (χ2n) is 6.42. The largest absolute Gasteiger partial charge is 0.493 e. The van der Waals surface area contributed by atoms with Crippen molar-refractivity contribution in [2.75, 3.05) is 7.11 Å². The molecule has 0 unspecified atom stereocenters. The van der Waals surface area contributed by atoms with E-state index in [4.69, 9.17) is 9.47 Å². The number of carbonyl (C=O) groups excluding carboxylic acids is 1. The number of hydrogen-bond acceptors (Lipinski definition) is 4. The summed E-state index contributed by atoms with van der Waals surface area (Å²) in [6.07, 6.45) is 0.0443. The lowest BCUT2D eigenvalue weighted by molar-refractivity contribution is 0.0950. The zero-order valence-corrected chi connectivity index (χ0v) is 14.9. The molecule has 1 aliphatic rings. The Morgan fingerprint density at radius 2 is 1.92 bits per heavy atom. The first-order valence-electron chi connectivity index (χ1n) is 8.51. The summed E-state index contributed by atoms with van der Waals surface area (Å²) >= 11 is 0. The first kappa shape index (κ1) is 17.3. The van der Waals surface area contributed by atoms with Crippen LogP contribution in [-0.2, 0) is 19.6 Å². The number of ether oxygens (including phenoxy) is 2. The van der Waals surface area contributed by atoms with Gasteiger partial charge >= 0.3 is 0 Å². The smallest absolute Gasteiger partial charge is 0.251 e. The number of rotatable bonds is 6. The van der Waals surface area contributed by atoms with Crippen molar-refractivity contribution >= 4 is 5.91 Å². The van der Waals surface area contributed by atoms with Crippen molar-refractivity contribution in [3.8, 4) is 11.5 Å². The predicted molar refractivity (Wildman–Crippen MR) is 96.9 cm³/mol. The summed E-state index contributed by atoms with van der Waals surface area (Å²) in [7, 11) is 1.57. The molecule has 1 aliphatic heterocycles. The van der Waals surface area contributed by atoms with Gasteiger partial charge in [-0.25, -0.2) is 0 Å². The molecular weight excluding hydrogens is 316 g/mol. The van der Waals surface area contributed by atoms with Gasteiger partial charge in [0.1, 0.15) is 0 Å². The maximum Gasteiger partial charge on any atom is 0.251 e. The normalized spacial score (nSPS) is 12.8. The van der Waals surface area contributed by atoms with Gasteiger partial charge in [-0.2, -0.15) is 0 Å². The zero-order chi connectivity index (χ0) is 17.8. The van der Waals surface area contributed by atoms with Gasteiger partial charge in [0.05, 0.1) is 13.2 Å². The number of hydrogen-bond donors (Lipinski definition) is 2. The van der Waals surface area contributed by atoms with E-state index in [9.17, 15) is 4.79 Å². The van der Waals surface area contributed by atoms with Crippen LogP contribution in [0.2, 0.25) is 0 Å². The lowest BCUT2D eigenvalue weighted by Gasteiger charge is -2.14. The lowest BCUT2D eigenvalue weighted by atomic mass is 10.1.